The Bertz CT molecular complexity index is 334. The lowest BCUT2D eigenvalue weighted by Crippen LogP contribution is -1.96. The first kappa shape index (κ1) is 10.6. The number of ether oxygens (including phenoxy) is 1. The third kappa shape index (κ3) is 3.51. The molecule has 2 heteroatoms. The van der Waals surface area contributed by atoms with Crippen molar-refractivity contribution in [1.29, 1.82) is 0 Å². The quantitative estimate of drug-likeness (QED) is 0.581. The number of hydrogen-bond acceptors (Lipinski definition) is 2. The average molecular weight is 190 g/mol. The van der Waals surface area contributed by atoms with Crippen LogP contribution in [0, 0.1) is 11.8 Å². The number of benzene rings is 1. The van der Waals surface area contributed by atoms with Crippen molar-refractivity contribution in [2.24, 2.45) is 0 Å². The molecule has 0 aliphatic heterocycles. The van der Waals surface area contributed by atoms with E-state index in [0.29, 0.717) is 6.61 Å². The Hall–Kier alpha value is -1.46. The number of rotatable bonds is 4. The molecule has 0 saturated carbocycles. The van der Waals surface area contributed by atoms with E-state index in [-0.39, 0.29) is 6.61 Å². The van der Waals surface area contributed by atoms with Gasteiger partial charge >= 0.3 is 0 Å². The smallest absolute Gasteiger partial charge is 0.119 e. The summed E-state index contributed by atoms with van der Waals surface area (Å²) >= 11 is 0. The summed E-state index contributed by atoms with van der Waals surface area (Å²) in [5.74, 6) is 6.52. The maximum Gasteiger partial charge on any atom is 0.119 e. The van der Waals surface area contributed by atoms with Crippen LogP contribution < -0.4 is 4.74 Å². The first-order valence-electron chi connectivity index (χ1n) is 4.59. The van der Waals surface area contributed by atoms with Gasteiger partial charge in [-0.2, -0.15) is 0 Å². The summed E-state index contributed by atoms with van der Waals surface area (Å²) in [5.41, 5.74) is 0.865. The molecule has 14 heavy (non-hydrogen) atoms. The second kappa shape index (κ2) is 6.06. The third-order valence-electron chi connectivity index (χ3n) is 1.75. The molecule has 0 aromatic heterocycles. The van der Waals surface area contributed by atoms with Crippen LogP contribution in [-0.4, -0.2) is 11.7 Å². The zero-order valence-electron chi connectivity index (χ0n) is 8.29. The van der Waals surface area contributed by atoms with Gasteiger partial charge in [0.25, 0.3) is 0 Å². The van der Waals surface area contributed by atoms with Crippen LogP contribution in [0.4, 0.5) is 0 Å². The van der Waals surface area contributed by atoms with Gasteiger partial charge in [-0.25, -0.2) is 0 Å². The summed E-state index contributed by atoms with van der Waals surface area (Å²) in [6.45, 7) is 2.45. The molecule has 1 aromatic carbocycles. The standard InChI is InChI=1S/C12H14O2/c1-2-3-4-8-14-12-7-5-6-11(9-12)10-13/h5-7,9,13H,4,8,10H2,1H3. The van der Waals surface area contributed by atoms with Crippen LogP contribution in [0.3, 0.4) is 0 Å². The van der Waals surface area contributed by atoms with E-state index >= 15 is 0 Å². The fraction of sp³-hybridized carbons (Fsp3) is 0.333. The molecule has 1 rings (SSSR count). The minimum atomic E-state index is 0.0476. The summed E-state index contributed by atoms with van der Waals surface area (Å²) in [7, 11) is 0. The van der Waals surface area contributed by atoms with Gasteiger partial charge < -0.3 is 9.84 Å². The van der Waals surface area contributed by atoms with Crippen molar-refractivity contribution < 1.29 is 9.84 Å². The van der Waals surface area contributed by atoms with Crippen molar-refractivity contribution in [3.05, 3.63) is 29.8 Å². The Kier molecular flexibility index (Phi) is 4.60. The summed E-state index contributed by atoms with van der Waals surface area (Å²) in [4.78, 5) is 0. The molecule has 0 heterocycles. The fourth-order valence-electron chi connectivity index (χ4n) is 1.08. The maximum absolute atomic E-state index is 8.89. The molecule has 0 radical (unpaired) electrons. The third-order valence-corrected chi connectivity index (χ3v) is 1.75. The Balaban J connectivity index is 2.44. The highest BCUT2D eigenvalue weighted by Crippen LogP contribution is 2.13. The molecule has 74 valence electrons. The van der Waals surface area contributed by atoms with E-state index in [9.17, 15) is 0 Å². The molecule has 0 unspecified atom stereocenters. The number of aliphatic hydroxyl groups excluding tert-OH is 1. The normalized spacial score (nSPS) is 9.00. The predicted molar refractivity (Wildman–Crippen MR) is 55.9 cm³/mol. The molecule has 0 bridgehead atoms. The van der Waals surface area contributed by atoms with Gasteiger partial charge in [-0.15, -0.1) is 11.8 Å². The van der Waals surface area contributed by atoms with E-state index in [4.69, 9.17) is 9.84 Å². The molecule has 0 aliphatic rings. The highest BCUT2D eigenvalue weighted by Gasteiger charge is 1.94. The summed E-state index contributed by atoms with van der Waals surface area (Å²) in [6, 6.07) is 7.43. The van der Waals surface area contributed by atoms with Crippen molar-refractivity contribution in [2.45, 2.75) is 20.0 Å². The second-order valence-electron chi connectivity index (χ2n) is 2.83. The summed E-state index contributed by atoms with van der Waals surface area (Å²) in [6.07, 6.45) is 0.736. The maximum atomic E-state index is 8.89. The van der Waals surface area contributed by atoms with Crippen LogP contribution in [0.5, 0.6) is 5.75 Å². The fourth-order valence-corrected chi connectivity index (χ4v) is 1.08. The monoisotopic (exact) mass is 190 g/mol. The van der Waals surface area contributed by atoms with Crippen molar-refractivity contribution in [3.8, 4) is 17.6 Å². The Morgan fingerprint density at radius 2 is 2.29 bits per heavy atom. The van der Waals surface area contributed by atoms with E-state index in [2.05, 4.69) is 11.8 Å². The van der Waals surface area contributed by atoms with Crippen LogP contribution >= 0.6 is 0 Å². The van der Waals surface area contributed by atoms with E-state index < -0.39 is 0 Å². The van der Waals surface area contributed by atoms with Crippen LogP contribution in [-0.2, 0) is 6.61 Å². The largest absolute Gasteiger partial charge is 0.493 e. The molecular formula is C12H14O2. The Morgan fingerprint density at radius 3 is 3.00 bits per heavy atom. The van der Waals surface area contributed by atoms with E-state index in [0.717, 1.165) is 17.7 Å². The Labute approximate surface area is 84.5 Å². The van der Waals surface area contributed by atoms with Crippen LogP contribution in [0.15, 0.2) is 24.3 Å². The van der Waals surface area contributed by atoms with Crippen LogP contribution in [0.1, 0.15) is 18.9 Å². The average Bonchev–Trinajstić information content (AvgIpc) is 2.25. The minimum Gasteiger partial charge on any atom is -0.493 e. The summed E-state index contributed by atoms with van der Waals surface area (Å²) in [5, 5.41) is 8.89. The van der Waals surface area contributed by atoms with E-state index in [1.54, 1.807) is 0 Å². The zero-order chi connectivity index (χ0) is 10.2. The highest BCUT2D eigenvalue weighted by molar-refractivity contribution is 5.27. The van der Waals surface area contributed by atoms with Gasteiger partial charge in [0.05, 0.1) is 13.2 Å². The molecule has 0 saturated heterocycles. The lowest BCUT2D eigenvalue weighted by atomic mass is 10.2. The minimum absolute atomic E-state index is 0.0476. The predicted octanol–water partition coefficient (Wildman–Crippen LogP) is 1.97. The van der Waals surface area contributed by atoms with E-state index in [1.165, 1.54) is 0 Å². The van der Waals surface area contributed by atoms with Gasteiger partial charge in [0.1, 0.15) is 5.75 Å². The van der Waals surface area contributed by atoms with Crippen molar-refractivity contribution in [1.82, 2.24) is 0 Å². The molecule has 0 spiro atoms. The molecule has 0 fully saturated rings. The van der Waals surface area contributed by atoms with Crippen molar-refractivity contribution in [2.75, 3.05) is 6.61 Å². The van der Waals surface area contributed by atoms with Gasteiger partial charge in [0, 0.05) is 6.42 Å². The second-order valence-corrected chi connectivity index (χ2v) is 2.83. The van der Waals surface area contributed by atoms with E-state index in [1.807, 2.05) is 31.2 Å². The molecule has 0 amide bonds. The van der Waals surface area contributed by atoms with Gasteiger partial charge in [-0.1, -0.05) is 12.1 Å². The van der Waals surface area contributed by atoms with Gasteiger partial charge in [-0.3, -0.25) is 0 Å². The zero-order valence-corrected chi connectivity index (χ0v) is 8.29. The first-order valence-corrected chi connectivity index (χ1v) is 4.59. The van der Waals surface area contributed by atoms with Gasteiger partial charge in [-0.05, 0) is 24.6 Å². The first-order chi connectivity index (χ1) is 6.86. The number of hydrogen-bond donors (Lipinski definition) is 1. The van der Waals surface area contributed by atoms with Crippen molar-refractivity contribution in [3.63, 3.8) is 0 Å². The lowest BCUT2D eigenvalue weighted by molar-refractivity contribution is 0.279. The lowest BCUT2D eigenvalue weighted by Gasteiger charge is -2.04. The van der Waals surface area contributed by atoms with Crippen LogP contribution in [0.25, 0.3) is 0 Å². The molecule has 0 atom stereocenters. The molecule has 1 N–H and O–H groups in total. The molecular weight excluding hydrogens is 176 g/mol. The van der Waals surface area contributed by atoms with Gasteiger partial charge in [0.15, 0.2) is 0 Å². The molecule has 0 aliphatic carbocycles. The summed E-state index contributed by atoms with van der Waals surface area (Å²) < 4.78 is 5.44. The Morgan fingerprint density at radius 1 is 1.43 bits per heavy atom. The molecule has 2 nitrogen and oxygen atoms in total. The van der Waals surface area contributed by atoms with Gasteiger partial charge in [0.2, 0.25) is 0 Å². The van der Waals surface area contributed by atoms with Crippen LogP contribution in [0.2, 0.25) is 0 Å². The van der Waals surface area contributed by atoms with Crippen molar-refractivity contribution >= 4 is 0 Å². The number of aliphatic hydroxyl groups is 1. The SMILES string of the molecule is CC#CCCOc1cccc(CO)c1. The molecule has 1 aromatic rings. The topological polar surface area (TPSA) is 29.5 Å². The highest BCUT2D eigenvalue weighted by atomic mass is 16.5.